The Kier molecular flexibility index (Phi) is 5.61. The van der Waals surface area contributed by atoms with Crippen LogP contribution in [0, 0.1) is 5.92 Å². The zero-order valence-electron chi connectivity index (χ0n) is 13.1. The minimum absolute atomic E-state index is 0.186. The number of carbonyl (C=O) groups is 1. The molecule has 1 aliphatic rings. The molecule has 0 spiro atoms. The van der Waals surface area contributed by atoms with E-state index in [0.29, 0.717) is 23.8 Å². The SMILES string of the molecule is CCc1[nH]nc(C(=O)NCC(C)CN2CCCCC2)c1N. The number of aromatic amines is 1. The fraction of sp³-hybridized carbons (Fsp3) is 0.733. The van der Waals surface area contributed by atoms with Crippen molar-refractivity contribution >= 4 is 11.6 Å². The van der Waals surface area contributed by atoms with Crippen LogP contribution in [0.4, 0.5) is 5.69 Å². The monoisotopic (exact) mass is 293 g/mol. The number of hydrogen-bond acceptors (Lipinski definition) is 4. The lowest BCUT2D eigenvalue weighted by atomic mass is 10.1. The van der Waals surface area contributed by atoms with Crippen molar-refractivity contribution < 1.29 is 4.79 Å². The van der Waals surface area contributed by atoms with Crippen LogP contribution in [-0.2, 0) is 6.42 Å². The zero-order valence-corrected chi connectivity index (χ0v) is 13.1. The molecule has 1 saturated heterocycles. The first-order valence-corrected chi connectivity index (χ1v) is 7.95. The number of piperidine rings is 1. The van der Waals surface area contributed by atoms with E-state index in [2.05, 4.69) is 27.3 Å². The second-order valence-electron chi connectivity index (χ2n) is 5.99. The Hall–Kier alpha value is -1.56. The van der Waals surface area contributed by atoms with Gasteiger partial charge in [-0.1, -0.05) is 20.3 Å². The Labute approximate surface area is 126 Å². The van der Waals surface area contributed by atoms with Crippen molar-refractivity contribution in [3.63, 3.8) is 0 Å². The van der Waals surface area contributed by atoms with Crippen molar-refractivity contribution in [1.29, 1.82) is 0 Å². The van der Waals surface area contributed by atoms with Gasteiger partial charge in [0, 0.05) is 13.1 Å². The molecule has 1 fully saturated rings. The summed E-state index contributed by atoms with van der Waals surface area (Å²) in [6.07, 6.45) is 4.68. The van der Waals surface area contributed by atoms with E-state index >= 15 is 0 Å². The average Bonchev–Trinajstić information content (AvgIpc) is 2.87. The van der Waals surface area contributed by atoms with Crippen molar-refractivity contribution in [3.05, 3.63) is 11.4 Å². The Morgan fingerprint density at radius 2 is 2.14 bits per heavy atom. The first kappa shape index (κ1) is 15.8. The molecule has 1 aromatic heterocycles. The first-order valence-electron chi connectivity index (χ1n) is 7.95. The van der Waals surface area contributed by atoms with E-state index in [1.165, 1.54) is 32.4 Å². The van der Waals surface area contributed by atoms with Gasteiger partial charge in [-0.05, 0) is 38.3 Å². The summed E-state index contributed by atoms with van der Waals surface area (Å²) in [7, 11) is 0. The summed E-state index contributed by atoms with van der Waals surface area (Å²) in [5, 5.41) is 9.76. The molecule has 1 aliphatic heterocycles. The van der Waals surface area contributed by atoms with Gasteiger partial charge in [-0.15, -0.1) is 0 Å². The summed E-state index contributed by atoms with van der Waals surface area (Å²) in [5.74, 6) is 0.242. The number of aryl methyl sites for hydroxylation is 1. The number of amides is 1. The highest BCUT2D eigenvalue weighted by Crippen LogP contribution is 2.14. The minimum atomic E-state index is -0.186. The molecule has 1 atom stereocenters. The Morgan fingerprint density at radius 3 is 2.76 bits per heavy atom. The summed E-state index contributed by atoms with van der Waals surface area (Å²) < 4.78 is 0. The van der Waals surface area contributed by atoms with E-state index in [0.717, 1.165) is 18.7 Å². The van der Waals surface area contributed by atoms with Gasteiger partial charge in [0.15, 0.2) is 5.69 Å². The molecule has 1 unspecified atom stereocenters. The number of likely N-dealkylation sites (tertiary alicyclic amines) is 1. The molecule has 0 saturated carbocycles. The maximum atomic E-state index is 12.1. The first-order chi connectivity index (χ1) is 10.1. The van der Waals surface area contributed by atoms with Crippen LogP contribution in [0.3, 0.4) is 0 Å². The molecule has 118 valence electrons. The Balaban J connectivity index is 1.78. The fourth-order valence-electron chi connectivity index (χ4n) is 2.83. The third-order valence-corrected chi connectivity index (χ3v) is 4.08. The lowest BCUT2D eigenvalue weighted by Gasteiger charge is -2.29. The summed E-state index contributed by atoms with van der Waals surface area (Å²) in [6.45, 7) is 8.21. The quantitative estimate of drug-likeness (QED) is 0.740. The lowest BCUT2D eigenvalue weighted by molar-refractivity contribution is 0.0938. The highest BCUT2D eigenvalue weighted by Gasteiger charge is 2.18. The molecule has 6 nitrogen and oxygen atoms in total. The second kappa shape index (κ2) is 7.45. The fourth-order valence-corrected chi connectivity index (χ4v) is 2.83. The number of nitrogens with zero attached hydrogens (tertiary/aromatic N) is 2. The maximum absolute atomic E-state index is 12.1. The van der Waals surface area contributed by atoms with Crippen LogP contribution in [0.1, 0.15) is 49.3 Å². The normalized spacial score (nSPS) is 17.6. The van der Waals surface area contributed by atoms with Crippen LogP contribution in [-0.4, -0.2) is 47.2 Å². The van der Waals surface area contributed by atoms with Crippen LogP contribution in [0.25, 0.3) is 0 Å². The van der Waals surface area contributed by atoms with Gasteiger partial charge in [0.2, 0.25) is 0 Å². The van der Waals surface area contributed by atoms with Crippen molar-refractivity contribution in [2.45, 2.75) is 39.5 Å². The van der Waals surface area contributed by atoms with Gasteiger partial charge in [0.1, 0.15) is 0 Å². The molecule has 1 amide bonds. The number of nitrogen functional groups attached to an aromatic ring is 1. The van der Waals surface area contributed by atoms with Crippen LogP contribution in [0.2, 0.25) is 0 Å². The van der Waals surface area contributed by atoms with Crippen molar-refractivity contribution in [3.8, 4) is 0 Å². The van der Waals surface area contributed by atoms with Crippen LogP contribution in [0.15, 0.2) is 0 Å². The van der Waals surface area contributed by atoms with Crippen molar-refractivity contribution in [2.24, 2.45) is 5.92 Å². The number of hydrogen-bond donors (Lipinski definition) is 3. The number of H-pyrrole nitrogens is 1. The molecule has 21 heavy (non-hydrogen) atoms. The van der Waals surface area contributed by atoms with Crippen molar-refractivity contribution in [2.75, 3.05) is 31.9 Å². The van der Waals surface area contributed by atoms with E-state index in [1.807, 2.05) is 6.92 Å². The summed E-state index contributed by atoms with van der Waals surface area (Å²) >= 11 is 0. The molecular formula is C15H27N5O. The Bertz CT molecular complexity index is 465. The van der Waals surface area contributed by atoms with Gasteiger partial charge >= 0.3 is 0 Å². The molecule has 0 radical (unpaired) electrons. The number of nitrogens with two attached hydrogens (primary N) is 1. The van der Waals surface area contributed by atoms with Gasteiger partial charge < -0.3 is 16.0 Å². The highest BCUT2D eigenvalue weighted by atomic mass is 16.1. The highest BCUT2D eigenvalue weighted by molar-refractivity contribution is 5.97. The van der Waals surface area contributed by atoms with Crippen LogP contribution < -0.4 is 11.1 Å². The molecule has 0 bridgehead atoms. The number of aromatic nitrogens is 2. The van der Waals surface area contributed by atoms with E-state index in [4.69, 9.17) is 5.73 Å². The van der Waals surface area contributed by atoms with Gasteiger partial charge in [0.05, 0.1) is 11.4 Å². The predicted octanol–water partition coefficient (Wildman–Crippen LogP) is 1.41. The zero-order chi connectivity index (χ0) is 15.2. The molecule has 0 aliphatic carbocycles. The smallest absolute Gasteiger partial charge is 0.273 e. The standard InChI is InChI=1S/C15H27N5O/c1-3-12-13(16)14(19-18-12)15(21)17-9-11(2)10-20-7-5-4-6-8-20/h11H,3-10,16H2,1-2H3,(H,17,21)(H,18,19). The van der Waals surface area contributed by atoms with Gasteiger partial charge in [-0.25, -0.2) is 0 Å². The van der Waals surface area contributed by atoms with Gasteiger partial charge in [-0.3, -0.25) is 9.89 Å². The van der Waals surface area contributed by atoms with E-state index in [9.17, 15) is 4.79 Å². The van der Waals surface area contributed by atoms with Crippen LogP contribution in [0.5, 0.6) is 0 Å². The predicted molar refractivity (Wildman–Crippen MR) is 84.2 cm³/mol. The van der Waals surface area contributed by atoms with Gasteiger partial charge in [0.25, 0.3) is 5.91 Å². The van der Waals surface area contributed by atoms with E-state index in [-0.39, 0.29) is 5.91 Å². The number of carbonyl (C=O) groups excluding carboxylic acids is 1. The molecule has 2 heterocycles. The third-order valence-electron chi connectivity index (χ3n) is 4.08. The van der Waals surface area contributed by atoms with Crippen molar-refractivity contribution in [1.82, 2.24) is 20.4 Å². The summed E-state index contributed by atoms with van der Waals surface area (Å²) in [4.78, 5) is 14.6. The van der Waals surface area contributed by atoms with E-state index in [1.54, 1.807) is 0 Å². The molecular weight excluding hydrogens is 266 g/mol. The molecule has 1 aromatic rings. The largest absolute Gasteiger partial charge is 0.395 e. The molecule has 2 rings (SSSR count). The number of anilines is 1. The average molecular weight is 293 g/mol. The van der Waals surface area contributed by atoms with Crippen LogP contribution >= 0.6 is 0 Å². The molecule has 4 N–H and O–H groups in total. The Morgan fingerprint density at radius 1 is 1.43 bits per heavy atom. The maximum Gasteiger partial charge on any atom is 0.273 e. The van der Waals surface area contributed by atoms with Gasteiger partial charge in [-0.2, -0.15) is 5.10 Å². The molecule has 6 heteroatoms. The molecule has 0 aromatic carbocycles. The second-order valence-corrected chi connectivity index (χ2v) is 5.99. The lowest BCUT2D eigenvalue weighted by Crippen LogP contribution is -2.38. The minimum Gasteiger partial charge on any atom is -0.395 e. The van der Waals surface area contributed by atoms with E-state index < -0.39 is 0 Å². The third kappa shape index (κ3) is 4.20. The summed E-state index contributed by atoms with van der Waals surface area (Å²) in [6, 6.07) is 0. The number of rotatable bonds is 6. The topological polar surface area (TPSA) is 87.0 Å². The number of nitrogens with one attached hydrogen (secondary N) is 2. The summed E-state index contributed by atoms with van der Waals surface area (Å²) in [5.41, 5.74) is 7.52.